The normalized spacial score (nSPS) is 24.7. The van der Waals surface area contributed by atoms with Gasteiger partial charge in [0.05, 0.1) is 11.1 Å². The van der Waals surface area contributed by atoms with Gasteiger partial charge in [-0.15, -0.1) is 0 Å². The summed E-state index contributed by atoms with van der Waals surface area (Å²) in [5, 5.41) is 0.608. The molecule has 1 aromatic carbocycles. The maximum absolute atomic E-state index is 12.4. The zero-order chi connectivity index (χ0) is 15.3. The summed E-state index contributed by atoms with van der Waals surface area (Å²) < 4.78 is 0. The molecule has 1 saturated carbocycles. The number of fused-ring (bicyclic) bond motifs is 1. The number of rotatable bonds is 3. The summed E-state index contributed by atoms with van der Waals surface area (Å²) >= 11 is 0. The first-order chi connectivity index (χ1) is 10.7. The van der Waals surface area contributed by atoms with Crippen LogP contribution in [0.4, 0.5) is 0 Å². The van der Waals surface area contributed by atoms with Crippen LogP contribution in [0, 0.1) is 0 Å². The number of benzene rings is 1. The summed E-state index contributed by atoms with van der Waals surface area (Å²) in [6.07, 6.45) is 3.88. The number of hydrogen-bond acceptors (Lipinski definition) is 5. The van der Waals surface area contributed by atoms with Gasteiger partial charge in [-0.25, -0.2) is 4.79 Å². The molecule has 0 radical (unpaired) electrons. The van der Waals surface area contributed by atoms with Crippen LogP contribution in [0.25, 0.3) is 0 Å². The van der Waals surface area contributed by atoms with Crippen molar-refractivity contribution in [3.63, 3.8) is 0 Å². The highest BCUT2D eigenvalue weighted by atomic mass is 16.7. The topological polar surface area (TPSA) is 66.9 Å². The van der Waals surface area contributed by atoms with Crippen molar-refractivity contribution in [1.29, 1.82) is 0 Å². The first-order valence-corrected chi connectivity index (χ1v) is 7.62. The molecule has 22 heavy (non-hydrogen) atoms. The number of nitrogens with zero attached hydrogens (tertiary/aromatic N) is 2. The smallest absolute Gasteiger partial charge is 0.328 e. The van der Waals surface area contributed by atoms with E-state index < -0.39 is 17.8 Å². The fourth-order valence-electron chi connectivity index (χ4n) is 3.29. The predicted octanol–water partition coefficient (Wildman–Crippen LogP) is 1.37. The van der Waals surface area contributed by atoms with Crippen molar-refractivity contribution in [2.75, 3.05) is 6.54 Å². The average molecular weight is 300 g/mol. The van der Waals surface area contributed by atoms with Crippen molar-refractivity contribution in [1.82, 2.24) is 9.96 Å². The van der Waals surface area contributed by atoms with Crippen LogP contribution in [0.3, 0.4) is 0 Å². The number of amides is 2. The molecule has 1 unspecified atom stereocenters. The molecule has 1 atom stereocenters. The second-order valence-electron chi connectivity index (χ2n) is 5.99. The van der Waals surface area contributed by atoms with E-state index in [1.54, 1.807) is 24.3 Å². The first-order valence-electron chi connectivity index (χ1n) is 7.62. The van der Waals surface area contributed by atoms with Gasteiger partial charge in [-0.1, -0.05) is 17.2 Å². The van der Waals surface area contributed by atoms with Crippen LogP contribution >= 0.6 is 0 Å². The molecule has 2 fully saturated rings. The summed E-state index contributed by atoms with van der Waals surface area (Å²) in [5.74, 6) is -1.63. The van der Waals surface area contributed by atoms with Crippen molar-refractivity contribution in [2.45, 2.75) is 37.8 Å². The number of carbonyl (C=O) groups excluding carboxylic acids is 3. The van der Waals surface area contributed by atoms with Crippen LogP contribution in [0.5, 0.6) is 0 Å². The predicted molar refractivity (Wildman–Crippen MR) is 75.8 cm³/mol. The van der Waals surface area contributed by atoms with E-state index >= 15 is 0 Å². The zero-order valence-corrected chi connectivity index (χ0v) is 12.0. The molecule has 0 spiro atoms. The number of imide groups is 1. The van der Waals surface area contributed by atoms with Gasteiger partial charge >= 0.3 is 5.97 Å². The van der Waals surface area contributed by atoms with Crippen LogP contribution < -0.4 is 0 Å². The summed E-state index contributed by atoms with van der Waals surface area (Å²) in [5.41, 5.74) is 0.566. The fraction of sp³-hybridized carbons (Fsp3) is 0.438. The standard InChI is InChI=1S/C16H16N2O4/c19-14-11-4-1-2-5-12(11)15(20)18(14)22-16(21)13-6-3-9-17(13)10-7-8-10/h1-2,4-5,10,13H,3,6-9H2. The van der Waals surface area contributed by atoms with E-state index in [1.165, 1.54) is 0 Å². The second-order valence-corrected chi connectivity index (χ2v) is 5.99. The lowest BCUT2D eigenvalue weighted by Crippen LogP contribution is -2.43. The Morgan fingerprint density at radius 1 is 1.05 bits per heavy atom. The summed E-state index contributed by atoms with van der Waals surface area (Å²) in [6, 6.07) is 6.62. The highest BCUT2D eigenvalue weighted by molar-refractivity contribution is 6.20. The van der Waals surface area contributed by atoms with Crippen LogP contribution in [0.2, 0.25) is 0 Å². The summed E-state index contributed by atoms with van der Waals surface area (Å²) in [6.45, 7) is 0.881. The molecular formula is C16H16N2O4. The zero-order valence-electron chi connectivity index (χ0n) is 12.0. The van der Waals surface area contributed by atoms with Crippen molar-refractivity contribution in [3.05, 3.63) is 35.4 Å². The Kier molecular flexibility index (Phi) is 3.00. The van der Waals surface area contributed by atoms with Gasteiger partial charge in [-0.2, -0.15) is 0 Å². The lowest BCUT2D eigenvalue weighted by Gasteiger charge is -2.23. The van der Waals surface area contributed by atoms with Crippen molar-refractivity contribution in [2.24, 2.45) is 0 Å². The van der Waals surface area contributed by atoms with Crippen molar-refractivity contribution >= 4 is 17.8 Å². The number of hydrogen-bond donors (Lipinski definition) is 0. The van der Waals surface area contributed by atoms with Crippen LogP contribution in [0.15, 0.2) is 24.3 Å². The molecule has 6 heteroatoms. The van der Waals surface area contributed by atoms with E-state index in [0.29, 0.717) is 11.1 Å². The minimum Gasteiger partial charge on any atom is -0.328 e. The number of likely N-dealkylation sites (tertiary alicyclic amines) is 1. The van der Waals surface area contributed by atoms with E-state index in [4.69, 9.17) is 4.84 Å². The van der Waals surface area contributed by atoms with Crippen molar-refractivity contribution in [3.8, 4) is 0 Å². The Labute approximate surface area is 127 Å². The Morgan fingerprint density at radius 3 is 2.27 bits per heavy atom. The average Bonchev–Trinajstić information content (AvgIpc) is 3.22. The monoisotopic (exact) mass is 300 g/mol. The molecule has 6 nitrogen and oxygen atoms in total. The van der Waals surface area contributed by atoms with Crippen LogP contribution in [0.1, 0.15) is 46.4 Å². The third-order valence-electron chi connectivity index (χ3n) is 4.52. The minimum atomic E-state index is -0.565. The van der Waals surface area contributed by atoms with Crippen LogP contribution in [-0.2, 0) is 9.63 Å². The Hall–Kier alpha value is -2.21. The highest BCUT2D eigenvalue weighted by Gasteiger charge is 2.44. The summed E-state index contributed by atoms with van der Waals surface area (Å²) in [7, 11) is 0. The third-order valence-corrected chi connectivity index (χ3v) is 4.52. The maximum Gasteiger partial charge on any atom is 0.350 e. The molecule has 1 aliphatic carbocycles. The molecule has 0 N–H and O–H groups in total. The Bertz CT molecular complexity index is 633. The maximum atomic E-state index is 12.4. The van der Waals surface area contributed by atoms with Crippen LogP contribution in [-0.4, -0.2) is 46.4 Å². The van der Waals surface area contributed by atoms with Gasteiger partial charge in [0, 0.05) is 6.04 Å². The Balaban J connectivity index is 1.51. The largest absolute Gasteiger partial charge is 0.350 e. The first kappa shape index (κ1) is 13.5. The molecule has 2 heterocycles. The minimum absolute atomic E-state index is 0.283. The number of carbonyl (C=O) groups is 3. The molecule has 2 aliphatic heterocycles. The molecule has 114 valence electrons. The molecule has 2 amide bonds. The molecule has 1 aromatic rings. The van der Waals surface area contributed by atoms with E-state index in [0.717, 1.165) is 32.2 Å². The van der Waals surface area contributed by atoms with E-state index in [1.807, 2.05) is 0 Å². The lowest BCUT2D eigenvalue weighted by molar-refractivity contribution is -0.174. The SMILES string of the molecule is O=C(ON1C(=O)c2ccccc2C1=O)C1CCCN1C1CC1. The van der Waals surface area contributed by atoms with Gasteiger partial charge in [-0.05, 0) is 44.4 Å². The van der Waals surface area contributed by atoms with Crippen molar-refractivity contribution < 1.29 is 19.2 Å². The third kappa shape index (κ3) is 2.02. The molecule has 1 saturated heterocycles. The fourth-order valence-corrected chi connectivity index (χ4v) is 3.29. The molecular weight excluding hydrogens is 284 g/mol. The molecule has 3 aliphatic rings. The lowest BCUT2D eigenvalue weighted by atomic mass is 10.1. The van der Waals surface area contributed by atoms with Gasteiger partial charge in [0.15, 0.2) is 0 Å². The van der Waals surface area contributed by atoms with Gasteiger partial charge in [0.2, 0.25) is 0 Å². The van der Waals surface area contributed by atoms with E-state index in [2.05, 4.69) is 4.90 Å². The van der Waals surface area contributed by atoms with E-state index in [-0.39, 0.29) is 17.2 Å². The molecule has 4 rings (SSSR count). The Morgan fingerprint density at radius 2 is 1.68 bits per heavy atom. The molecule has 0 aromatic heterocycles. The van der Waals surface area contributed by atoms with Gasteiger partial charge < -0.3 is 4.84 Å². The van der Waals surface area contributed by atoms with Gasteiger partial charge in [-0.3, -0.25) is 14.5 Å². The quantitative estimate of drug-likeness (QED) is 0.789. The molecule has 0 bridgehead atoms. The summed E-state index contributed by atoms with van der Waals surface area (Å²) in [4.78, 5) is 44.1. The highest BCUT2D eigenvalue weighted by Crippen LogP contribution is 2.34. The van der Waals surface area contributed by atoms with Gasteiger partial charge in [0.25, 0.3) is 11.8 Å². The van der Waals surface area contributed by atoms with E-state index in [9.17, 15) is 14.4 Å². The second kappa shape index (κ2) is 4.91. The van der Waals surface area contributed by atoms with Gasteiger partial charge in [0.1, 0.15) is 6.04 Å². The number of hydroxylamine groups is 2.